The second kappa shape index (κ2) is 9.85. The predicted molar refractivity (Wildman–Crippen MR) is 117 cm³/mol. The van der Waals surface area contributed by atoms with E-state index in [4.69, 9.17) is 25.8 Å². The highest BCUT2D eigenvalue weighted by Gasteiger charge is 2.46. The average molecular weight is 446 g/mol. The summed E-state index contributed by atoms with van der Waals surface area (Å²) in [7, 11) is 4.60. The number of aliphatic hydroxyl groups is 1. The molecule has 8 heteroatoms. The van der Waals surface area contributed by atoms with Crippen LogP contribution in [0.1, 0.15) is 23.6 Å². The lowest BCUT2D eigenvalue weighted by Crippen LogP contribution is -2.31. The van der Waals surface area contributed by atoms with Crippen LogP contribution in [0.3, 0.4) is 0 Å². The quantitative estimate of drug-likeness (QED) is 0.288. The highest BCUT2D eigenvalue weighted by molar-refractivity contribution is 6.46. The van der Waals surface area contributed by atoms with E-state index in [0.717, 1.165) is 0 Å². The number of halogens is 1. The fourth-order valence-corrected chi connectivity index (χ4v) is 3.75. The zero-order valence-electron chi connectivity index (χ0n) is 17.6. The molecule has 7 nitrogen and oxygen atoms in total. The van der Waals surface area contributed by atoms with E-state index in [0.29, 0.717) is 40.7 Å². The molecule has 0 radical (unpaired) electrons. The molecule has 1 N–H and O–H groups in total. The fourth-order valence-electron chi connectivity index (χ4n) is 3.62. The summed E-state index contributed by atoms with van der Waals surface area (Å²) in [5.41, 5.74) is 1.02. The molecule has 1 unspecified atom stereocenters. The van der Waals surface area contributed by atoms with Crippen molar-refractivity contribution >= 4 is 29.1 Å². The number of hydrogen-bond donors (Lipinski definition) is 1. The largest absolute Gasteiger partial charge is 0.507 e. The van der Waals surface area contributed by atoms with Crippen molar-refractivity contribution in [2.24, 2.45) is 0 Å². The molecule has 0 bridgehead atoms. The average Bonchev–Trinajstić information content (AvgIpc) is 3.03. The minimum absolute atomic E-state index is 0.0111. The molecule has 1 saturated heterocycles. The Morgan fingerprint density at radius 3 is 2.32 bits per heavy atom. The minimum Gasteiger partial charge on any atom is -0.507 e. The molecule has 1 aliphatic heterocycles. The lowest BCUT2D eigenvalue weighted by Gasteiger charge is -2.26. The fraction of sp³-hybridized carbons (Fsp3) is 0.304. The molecule has 0 spiro atoms. The van der Waals surface area contributed by atoms with E-state index in [1.165, 1.54) is 19.1 Å². The van der Waals surface area contributed by atoms with E-state index in [1.807, 2.05) is 0 Å². The number of methoxy groups -OCH3 is 3. The van der Waals surface area contributed by atoms with Crippen LogP contribution in [-0.2, 0) is 14.3 Å². The molecule has 164 valence electrons. The Balaban J connectivity index is 2.15. The molecule has 0 aliphatic carbocycles. The zero-order valence-corrected chi connectivity index (χ0v) is 18.3. The number of Topliss-reactive ketones (excluding diaryl/α,β-unsaturated/α-hetero) is 1. The normalized spacial score (nSPS) is 17.8. The van der Waals surface area contributed by atoms with Gasteiger partial charge in [-0.2, -0.15) is 0 Å². The van der Waals surface area contributed by atoms with Crippen LogP contribution in [0.15, 0.2) is 48.0 Å². The summed E-state index contributed by atoms with van der Waals surface area (Å²) in [4.78, 5) is 27.3. The first-order valence-corrected chi connectivity index (χ1v) is 10.1. The van der Waals surface area contributed by atoms with Crippen LogP contribution in [0.5, 0.6) is 11.5 Å². The van der Waals surface area contributed by atoms with E-state index < -0.39 is 17.7 Å². The second-order valence-corrected chi connectivity index (χ2v) is 7.40. The molecule has 1 atom stereocenters. The molecule has 31 heavy (non-hydrogen) atoms. The summed E-state index contributed by atoms with van der Waals surface area (Å²) >= 11 is 5.94. The van der Waals surface area contributed by atoms with Gasteiger partial charge in [0, 0.05) is 30.8 Å². The smallest absolute Gasteiger partial charge is 0.295 e. The minimum atomic E-state index is -0.785. The number of ketones is 1. The Morgan fingerprint density at radius 1 is 1.03 bits per heavy atom. The summed E-state index contributed by atoms with van der Waals surface area (Å²) in [5.74, 6) is -0.714. The monoisotopic (exact) mass is 445 g/mol. The van der Waals surface area contributed by atoms with E-state index in [1.54, 1.807) is 49.6 Å². The second-order valence-electron chi connectivity index (χ2n) is 6.96. The van der Waals surface area contributed by atoms with Crippen LogP contribution in [0, 0.1) is 0 Å². The molecule has 2 aromatic rings. The Hall–Kier alpha value is -3.03. The van der Waals surface area contributed by atoms with Crippen LogP contribution < -0.4 is 9.47 Å². The van der Waals surface area contributed by atoms with E-state index in [2.05, 4.69) is 0 Å². The highest BCUT2D eigenvalue weighted by Crippen LogP contribution is 2.42. The van der Waals surface area contributed by atoms with Gasteiger partial charge < -0.3 is 24.2 Å². The van der Waals surface area contributed by atoms with Gasteiger partial charge in [0.05, 0.1) is 25.8 Å². The molecule has 1 aliphatic rings. The van der Waals surface area contributed by atoms with Gasteiger partial charge in [-0.15, -0.1) is 0 Å². The topological polar surface area (TPSA) is 85.3 Å². The van der Waals surface area contributed by atoms with Gasteiger partial charge in [0.1, 0.15) is 5.76 Å². The number of aliphatic hydroxyl groups excluding tert-OH is 1. The summed E-state index contributed by atoms with van der Waals surface area (Å²) < 4.78 is 15.8. The maximum Gasteiger partial charge on any atom is 0.295 e. The van der Waals surface area contributed by atoms with Gasteiger partial charge in [-0.05, 0) is 48.4 Å². The number of carbonyl (C=O) groups is 2. The van der Waals surface area contributed by atoms with Crippen molar-refractivity contribution in [2.45, 2.75) is 12.5 Å². The number of ether oxygens (including phenoxy) is 3. The van der Waals surface area contributed by atoms with Crippen molar-refractivity contribution in [3.63, 3.8) is 0 Å². The molecule has 0 saturated carbocycles. The predicted octanol–water partition coefficient (Wildman–Crippen LogP) is 3.82. The first-order chi connectivity index (χ1) is 14.9. The van der Waals surface area contributed by atoms with Gasteiger partial charge in [-0.1, -0.05) is 17.7 Å². The number of likely N-dealkylation sites (tertiary alicyclic amines) is 1. The summed E-state index contributed by atoms with van der Waals surface area (Å²) in [6.07, 6.45) is 0.536. The van der Waals surface area contributed by atoms with Crippen LogP contribution in [0.25, 0.3) is 5.76 Å². The first-order valence-electron chi connectivity index (χ1n) is 9.68. The van der Waals surface area contributed by atoms with Crippen LogP contribution in [0.2, 0.25) is 5.02 Å². The Morgan fingerprint density at radius 2 is 1.71 bits per heavy atom. The summed E-state index contributed by atoms with van der Waals surface area (Å²) in [6, 6.07) is 10.8. The molecule has 1 amide bonds. The number of amides is 1. The van der Waals surface area contributed by atoms with Crippen molar-refractivity contribution in [1.29, 1.82) is 0 Å². The van der Waals surface area contributed by atoms with Gasteiger partial charge in [-0.25, -0.2) is 0 Å². The maximum absolute atomic E-state index is 13.0. The van der Waals surface area contributed by atoms with E-state index in [9.17, 15) is 14.7 Å². The number of benzene rings is 2. The van der Waals surface area contributed by atoms with Crippen molar-refractivity contribution in [2.75, 3.05) is 34.5 Å². The van der Waals surface area contributed by atoms with Gasteiger partial charge in [0.2, 0.25) is 0 Å². The molecule has 1 heterocycles. The molecular weight excluding hydrogens is 422 g/mol. The zero-order chi connectivity index (χ0) is 22.5. The van der Waals surface area contributed by atoms with Gasteiger partial charge in [-0.3, -0.25) is 9.59 Å². The Labute approximate surface area is 185 Å². The third kappa shape index (κ3) is 4.52. The third-order valence-corrected chi connectivity index (χ3v) is 5.38. The van der Waals surface area contributed by atoms with Crippen molar-refractivity contribution < 1.29 is 28.9 Å². The number of carbonyl (C=O) groups excluding carboxylic acids is 2. The SMILES string of the molecule is COCCCN1C(=O)C(=O)C(=C(O)c2ccc(Cl)cc2)C1c1ccc(OC)c(OC)c1. The Bertz CT molecular complexity index is 1000. The standard InChI is InChI=1S/C23H24ClNO6/c1-29-12-4-11-25-20(15-7-10-17(30-2)18(13-15)31-3)19(22(27)23(25)28)21(26)14-5-8-16(24)9-6-14/h5-10,13,20,26H,4,11-12H2,1-3H3. The summed E-state index contributed by atoms with van der Waals surface area (Å²) in [5, 5.41) is 11.5. The lowest BCUT2D eigenvalue weighted by atomic mass is 9.95. The van der Waals surface area contributed by atoms with E-state index in [-0.39, 0.29) is 17.9 Å². The van der Waals surface area contributed by atoms with Crippen LogP contribution in [0.4, 0.5) is 0 Å². The van der Waals surface area contributed by atoms with Gasteiger partial charge in [0.15, 0.2) is 11.5 Å². The van der Waals surface area contributed by atoms with Gasteiger partial charge in [0.25, 0.3) is 11.7 Å². The third-order valence-electron chi connectivity index (χ3n) is 5.13. The number of hydrogen-bond acceptors (Lipinski definition) is 6. The van der Waals surface area contributed by atoms with E-state index >= 15 is 0 Å². The first kappa shape index (κ1) is 22.7. The molecule has 2 aromatic carbocycles. The highest BCUT2D eigenvalue weighted by atomic mass is 35.5. The van der Waals surface area contributed by atoms with Crippen molar-refractivity contribution in [3.8, 4) is 11.5 Å². The molecule has 0 aromatic heterocycles. The van der Waals surface area contributed by atoms with Gasteiger partial charge >= 0.3 is 0 Å². The Kier molecular flexibility index (Phi) is 7.20. The molecular formula is C23H24ClNO6. The summed E-state index contributed by atoms with van der Waals surface area (Å²) in [6.45, 7) is 0.716. The van der Waals surface area contributed by atoms with Crippen molar-refractivity contribution in [1.82, 2.24) is 4.90 Å². The van der Waals surface area contributed by atoms with Crippen molar-refractivity contribution in [3.05, 3.63) is 64.2 Å². The molecule has 3 rings (SSSR count). The number of nitrogens with zero attached hydrogens (tertiary/aromatic N) is 1. The lowest BCUT2D eigenvalue weighted by molar-refractivity contribution is -0.140. The molecule has 1 fully saturated rings. The van der Waals surface area contributed by atoms with Crippen LogP contribution in [-0.4, -0.2) is 56.2 Å². The van der Waals surface area contributed by atoms with Crippen LogP contribution >= 0.6 is 11.6 Å². The number of rotatable bonds is 8. The maximum atomic E-state index is 13.0.